The minimum absolute atomic E-state index is 0.225. The van der Waals surface area contributed by atoms with E-state index in [1.165, 1.54) is 0 Å². The van der Waals surface area contributed by atoms with Crippen LogP contribution in [0.5, 0.6) is 0 Å². The standard InChI is InChI=1S/C9H14N4O5/c1-5-11-7(13-18-5)2-3-10-9(17)12-6(4-14)8(15)16/h6,14H,2-4H2,1H3,(H,15,16)(H2,10,12,17)/t6-/m1/s1. The Hall–Kier alpha value is -2.16. The zero-order chi connectivity index (χ0) is 13.5. The van der Waals surface area contributed by atoms with Crippen LogP contribution in [0, 0.1) is 6.92 Å². The third kappa shape index (κ3) is 4.37. The molecule has 9 nitrogen and oxygen atoms in total. The second-order valence-corrected chi connectivity index (χ2v) is 3.45. The van der Waals surface area contributed by atoms with Crippen LogP contribution in [0.15, 0.2) is 4.52 Å². The van der Waals surface area contributed by atoms with Crippen molar-refractivity contribution in [3.63, 3.8) is 0 Å². The molecule has 1 aromatic heterocycles. The van der Waals surface area contributed by atoms with Gasteiger partial charge in [0.25, 0.3) is 0 Å². The number of aryl methyl sites for hydroxylation is 1. The number of hydrogen-bond donors (Lipinski definition) is 4. The summed E-state index contributed by atoms with van der Waals surface area (Å²) in [4.78, 5) is 25.7. The van der Waals surface area contributed by atoms with Crippen molar-refractivity contribution in [1.82, 2.24) is 20.8 Å². The molecule has 1 heterocycles. The van der Waals surface area contributed by atoms with Crippen LogP contribution in [0.4, 0.5) is 4.79 Å². The molecule has 0 fully saturated rings. The number of hydrogen-bond acceptors (Lipinski definition) is 6. The highest BCUT2D eigenvalue weighted by Gasteiger charge is 2.18. The number of nitrogens with one attached hydrogen (secondary N) is 2. The first-order chi connectivity index (χ1) is 8.52. The van der Waals surface area contributed by atoms with Crippen LogP contribution < -0.4 is 10.6 Å². The summed E-state index contributed by atoms with van der Waals surface area (Å²) in [6.45, 7) is 1.20. The molecule has 1 aromatic rings. The number of urea groups is 1. The first kappa shape index (κ1) is 13.9. The first-order valence-corrected chi connectivity index (χ1v) is 5.20. The average molecular weight is 258 g/mol. The van der Waals surface area contributed by atoms with E-state index in [2.05, 4.69) is 20.8 Å². The molecule has 18 heavy (non-hydrogen) atoms. The maximum Gasteiger partial charge on any atom is 0.328 e. The highest BCUT2D eigenvalue weighted by atomic mass is 16.5. The van der Waals surface area contributed by atoms with Crippen molar-refractivity contribution in [3.8, 4) is 0 Å². The third-order valence-electron chi connectivity index (χ3n) is 1.99. The molecule has 0 aliphatic carbocycles. The number of amides is 2. The van der Waals surface area contributed by atoms with Crippen LogP contribution in [0.25, 0.3) is 0 Å². The highest BCUT2D eigenvalue weighted by molar-refractivity contribution is 5.82. The average Bonchev–Trinajstić information content (AvgIpc) is 2.71. The van der Waals surface area contributed by atoms with Gasteiger partial charge in [0.05, 0.1) is 6.61 Å². The van der Waals surface area contributed by atoms with E-state index in [4.69, 9.17) is 14.7 Å². The predicted octanol–water partition coefficient (Wildman–Crippen LogP) is -1.33. The molecule has 0 spiro atoms. The van der Waals surface area contributed by atoms with E-state index in [-0.39, 0.29) is 6.54 Å². The largest absolute Gasteiger partial charge is 0.480 e. The number of rotatable bonds is 6. The van der Waals surface area contributed by atoms with Crippen molar-refractivity contribution in [2.24, 2.45) is 0 Å². The molecule has 0 saturated carbocycles. The third-order valence-corrected chi connectivity index (χ3v) is 1.99. The fourth-order valence-corrected chi connectivity index (χ4v) is 1.13. The maximum atomic E-state index is 11.3. The van der Waals surface area contributed by atoms with E-state index in [1.54, 1.807) is 6.92 Å². The highest BCUT2D eigenvalue weighted by Crippen LogP contribution is 1.94. The Morgan fingerprint density at radius 2 is 2.22 bits per heavy atom. The van der Waals surface area contributed by atoms with Crippen molar-refractivity contribution in [2.45, 2.75) is 19.4 Å². The molecular formula is C9H14N4O5. The number of carboxylic acids is 1. The van der Waals surface area contributed by atoms with Gasteiger partial charge in [-0.25, -0.2) is 9.59 Å². The fraction of sp³-hybridized carbons (Fsp3) is 0.556. The van der Waals surface area contributed by atoms with Crippen molar-refractivity contribution in [2.75, 3.05) is 13.2 Å². The monoisotopic (exact) mass is 258 g/mol. The van der Waals surface area contributed by atoms with Crippen molar-refractivity contribution >= 4 is 12.0 Å². The quantitative estimate of drug-likeness (QED) is 0.495. The SMILES string of the molecule is Cc1nc(CCNC(=O)N[C@H](CO)C(=O)O)no1. The van der Waals surface area contributed by atoms with E-state index in [9.17, 15) is 9.59 Å². The number of aliphatic hydroxyl groups is 1. The molecule has 9 heteroatoms. The minimum Gasteiger partial charge on any atom is -0.480 e. The molecule has 0 aliphatic rings. The second kappa shape index (κ2) is 6.55. The lowest BCUT2D eigenvalue weighted by atomic mass is 10.3. The van der Waals surface area contributed by atoms with E-state index in [0.717, 1.165) is 0 Å². The van der Waals surface area contributed by atoms with E-state index >= 15 is 0 Å². The van der Waals surface area contributed by atoms with Gasteiger partial charge in [-0.15, -0.1) is 0 Å². The maximum absolute atomic E-state index is 11.3. The lowest BCUT2D eigenvalue weighted by molar-refractivity contribution is -0.140. The van der Waals surface area contributed by atoms with Crippen LogP contribution in [0.1, 0.15) is 11.7 Å². The summed E-state index contributed by atoms with van der Waals surface area (Å²) in [6.07, 6.45) is 0.363. The second-order valence-electron chi connectivity index (χ2n) is 3.45. The van der Waals surface area contributed by atoms with Gasteiger partial charge in [-0.05, 0) is 0 Å². The number of aliphatic carboxylic acids is 1. The summed E-state index contributed by atoms with van der Waals surface area (Å²) in [5, 5.41) is 25.4. The molecule has 4 N–H and O–H groups in total. The molecule has 0 aromatic carbocycles. The van der Waals surface area contributed by atoms with Crippen molar-refractivity contribution in [1.29, 1.82) is 0 Å². The number of carboxylic acid groups (broad SMARTS) is 1. The molecule has 2 amide bonds. The Kier molecular flexibility index (Phi) is 5.06. The molecule has 0 unspecified atom stereocenters. The topological polar surface area (TPSA) is 138 Å². The van der Waals surface area contributed by atoms with E-state index in [0.29, 0.717) is 18.1 Å². The predicted molar refractivity (Wildman–Crippen MR) is 57.8 cm³/mol. The van der Waals surface area contributed by atoms with Crippen LogP contribution in [0.2, 0.25) is 0 Å². The van der Waals surface area contributed by atoms with E-state index in [1.807, 2.05) is 0 Å². The lowest BCUT2D eigenvalue weighted by Gasteiger charge is -2.11. The van der Waals surface area contributed by atoms with Crippen LogP contribution in [-0.2, 0) is 11.2 Å². The van der Waals surface area contributed by atoms with Gasteiger partial charge in [0, 0.05) is 19.9 Å². The Bertz CT molecular complexity index is 419. The van der Waals surface area contributed by atoms with E-state index < -0.39 is 24.6 Å². The van der Waals surface area contributed by atoms with Crippen molar-refractivity contribution < 1.29 is 24.3 Å². The summed E-state index contributed by atoms with van der Waals surface area (Å²) in [5.41, 5.74) is 0. The number of aliphatic hydroxyl groups excluding tert-OH is 1. The number of nitrogens with zero attached hydrogens (tertiary/aromatic N) is 2. The van der Waals surface area contributed by atoms with Gasteiger partial charge < -0.3 is 25.4 Å². The first-order valence-electron chi connectivity index (χ1n) is 5.20. The molecule has 0 radical (unpaired) electrons. The Morgan fingerprint density at radius 1 is 1.50 bits per heavy atom. The smallest absolute Gasteiger partial charge is 0.328 e. The Labute approximate surface area is 102 Å². The van der Waals surface area contributed by atoms with Crippen LogP contribution >= 0.6 is 0 Å². The minimum atomic E-state index is -1.32. The van der Waals surface area contributed by atoms with Crippen LogP contribution in [-0.4, -0.2) is 51.5 Å². The van der Waals surface area contributed by atoms with Gasteiger partial charge in [0.2, 0.25) is 5.89 Å². The van der Waals surface area contributed by atoms with Crippen LogP contribution in [0.3, 0.4) is 0 Å². The molecular weight excluding hydrogens is 244 g/mol. The van der Waals surface area contributed by atoms with Gasteiger partial charge in [-0.2, -0.15) is 4.98 Å². The molecule has 0 bridgehead atoms. The number of carbonyl (C=O) groups excluding carboxylic acids is 1. The summed E-state index contributed by atoms with van der Waals surface area (Å²) < 4.78 is 4.74. The number of carbonyl (C=O) groups is 2. The summed E-state index contributed by atoms with van der Waals surface area (Å²) >= 11 is 0. The summed E-state index contributed by atoms with van der Waals surface area (Å²) in [7, 11) is 0. The Balaban J connectivity index is 2.26. The molecule has 100 valence electrons. The van der Waals surface area contributed by atoms with Gasteiger partial charge in [-0.3, -0.25) is 0 Å². The van der Waals surface area contributed by atoms with Gasteiger partial charge in [-0.1, -0.05) is 5.16 Å². The molecule has 0 aliphatic heterocycles. The number of aromatic nitrogens is 2. The zero-order valence-corrected chi connectivity index (χ0v) is 9.71. The molecule has 1 rings (SSSR count). The summed E-state index contributed by atoms with van der Waals surface area (Å²) in [5.74, 6) is -0.424. The molecule has 0 saturated heterocycles. The Morgan fingerprint density at radius 3 is 2.72 bits per heavy atom. The lowest BCUT2D eigenvalue weighted by Crippen LogP contribution is -2.48. The van der Waals surface area contributed by atoms with Gasteiger partial charge in [0.15, 0.2) is 11.9 Å². The van der Waals surface area contributed by atoms with Crippen molar-refractivity contribution in [3.05, 3.63) is 11.7 Å². The normalized spacial score (nSPS) is 11.9. The molecule has 1 atom stereocenters. The summed E-state index contributed by atoms with van der Waals surface area (Å²) in [6, 6.07) is -2.01. The van der Waals surface area contributed by atoms with Gasteiger partial charge in [0.1, 0.15) is 0 Å². The zero-order valence-electron chi connectivity index (χ0n) is 9.71. The van der Waals surface area contributed by atoms with Gasteiger partial charge >= 0.3 is 12.0 Å². The fourth-order valence-electron chi connectivity index (χ4n) is 1.13.